The number of hydrogen-bond donors (Lipinski definition) is 1. The highest BCUT2D eigenvalue weighted by Crippen LogP contribution is 2.26. The normalized spacial score (nSPS) is 22.1. The third-order valence-electron chi connectivity index (χ3n) is 5.00. The van der Waals surface area contributed by atoms with Gasteiger partial charge in [-0.1, -0.05) is 19.3 Å². The van der Waals surface area contributed by atoms with E-state index in [-0.39, 0.29) is 11.8 Å². The largest absolute Gasteiger partial charge is 0.353 e. The third kappa shape index (κ3) is 5.33. The Balaban J connectivity index is 1.61. The van der Waals surface area contributed by atoms with Gasteiger partial charge in [0.15, 0.2) is 0 Å². The van der Waals surface area contributed by atoms with Crippen LogP contribution in [0, 0.1) is 5.92 Å². The summed E-state index contributed by atoms with van der Waals surface area (Å²) < 4.78 is 0. The first kappa shape index (κ1) is 16.3. The minimum atomic E-state index is 0.150. The summed E-state index contributed by atoms with van der Waals surface area (Å²) in [6, 6.07) is 0.300. The number of nitrogens with one attached hydrogen (secondary N) is 1. The number of carbonyl (C=O) groups is 2. The molecule has 4 heteroatoms. The van der Waals surface area contributed by atoms with Gasteiger partial charge in [0.2, 0.25) is 11.8 Å². The Labute approximate surface area is 128 Å². The van der Waals surface area contributed by atoms with Gasteiger partial charge in [-0.3, -0.25) is 9.59 Å². The summed E-state index contributed by atoms with van der Waals surface area (Å²) in [5.74, 6) is 1.07. The first-order chi connectivity index (χ1) is 10.2. The van der Waals surface area contributed by atoms with E-state index < -0.39 is 0 Å². The van der Waals surface area contributed by atoms with Gasteiger partial charge in [0, 0.05) is 32.0 Å². The van der Waals surface area contributed by atoms with Crippen LogP contribution in [0.15, 0.2) is 0 Å². The van der Waals surface area contributed by atoms with Crippen LogP contribution in [0.4, 0.5) is 0 Å². The van der Waals surface area contributed by atoms with Crippen molar-refractivity contribution >= 4 is 11.8 Å². The molecule has 21 heavy (non-hydrogen) atoms. The second-order valence-corrected chi connectivity index (χ2v) is 6.70. The van der Waals surface area contributed by atoms with Gasteiger partial charge in [-0.05, 0) is 44.9 Å². The molecule has 0 aromatic heterocycles. The van der Waals surface area contributed by atoms with Crippen molar-refractivity contribution in [2.45, 2.75) is 77.2 Å². The lowest BCUT2D eigenvalue weighted by Gasteiger charge is -2.29. The summed E-state index contributed by atoms with van der Waals surface area (Å²) in [5.41, 5.74) is 0. The number of rotatable bonds is 6. The monoisotopic (exact) mass is 294 g/mol. The van der Waals surface area contributed by atoms with Crippen LogP contribution in [-0.4, -0.2) is 35.8 Å². The lowest BCUT2D eigenvalue weighted by atomic mass is 9.84. The molecule has 120 valence electrons. The van der Waals surface area contributed by atoms with Crippen LogP contribution < -0.4 is 5.32 Å². The van der Waals surface area contributed by atoms with Crippen LogP contribution >= 0.6 is 0 Å². The second-order valence-electron chi connectivity index (χ2n) is 6.70. The van der Waals surface area contributed by atoms with Crippen LogP contribution in [0.1, 0.15) is 71.1 Å². The smallest absolute Gasteiger partial charge is 0.222 e. The predicted octanol–water partition coefficient (Wildman–Crippen LogP) is 2.86. The van der Waals surface area contributed by atoms with Gasteiger partial charge in [0.1, 0.15) is 0 Å². The molecule has 0 spiro atoms. The Morgan fingerprint density at radius 3 is 2.71 bits per heavy atom. The van der Waals surface area contributed by atoms with Gasteiger partial charge in [0.25, 0.3) is 0 Å². The van der Waals surface area contributed by atoms with Crippen molar-refractivity contribution in [1.29, 1.82) is 0 Å². The number of amides is 2. The maximum atomic E-state index is 12.0. The molecule has 1 atom stereocenters. The number of nitrogens with zero attached hydrogens (tertiary/aromatic N) is 1. The second kappa shape index (κ2) is 8.40. The van der Waals surface area contributed by atoms with Crippen LogP contribution in [0.2, 0.25) is 0 Å². The van der Waals surface area contributed by atoms with E-state index in [0.717, 1.165) is 32.4 Å². The van der Waals surface area contributed by atoms with E-state index in [1.54, 1.807) is 0 Å². The lowest BCUT2D eigenvalue weighted by Crippen LogP contribution is -2.40. The predicted molar refractivity (Wildman–Crippen MR) is 83.8 cm³/mol. The first-order valence-corrected chi connectivity index (χ1v) is 8.74. The maximum Gasteiger partial charge on any atom is 0.222 e. The Kier molecular flexibility index (Phi) is 6.52. The summed E-state index contributed by atoms with van der Waals surface area (Å²) in [6.45, 7) is 3.76. The lowest BCUT2D eigenvalue weighted by molar-refractivity contribution is -0.133. The minimum absolute atomic E-state index is 0.150. The average molecular weight is 294 g/mol. The number of carbonyl (C=O) groups excluding carboxylic acids is 2. The van der Waals surface area contributed by atoms with Gasteiger partial charge in [-0.2, -0.15) is 0 Å². The fourth-order valence-corrected chi connectivity index (χ4v) is 3.61. The molecule has 1 heterocycles. The highest BCUT2D eigenvalue weighted by Gasteiger charge is 2.22. The van der Waals surface area contributed by atoms with E-state index in [1.165, 1.54) is 32.1 Å². The number of likely N-dealkylation sites (tertiary alicyclic amines) is 1. The molecule has 1 saturated carbocycles. The zero-order valence-corrected chi connectivity index (χ0v) is 13.4. The molecule has 4 nitrogen and oxygen atoms in total. The summed E-state index contributed by atoms with van der Waals surface area (Å²) in [4.78, 5) is 25.6. The van der Waals surface area contributed by atoms with Crippen molar-refractivity contribution in [3.8, 4) is 0 Å². The molecule has 1 saturated heterocycles. The van der Waals surface area contributed by atoms with Crippen LogP contribution in [0.3, 0.4) is 0 Å². The molecular weight excluding hydrogens is 264 g/mol. The van der Waals surface area contributed by atoms with Gasteiger partial charge in [0.05, 0.1) is 0 Å². The van der Waals surface area contributed by atoms with E-state index in [0.29, 0.717) is 24.8 Å². The van der Waals surface area contributed by atoms with Crippen LogP contribution in [-0.2, 0) is 9.59 Å². The van der Waals surface area contributed by atoms with E-state index in [1.807, 2.05) is 4.90 Å². The minimum Gasteiger partial charge on any atom is -0.353 e. The molecule has 0 radical (unpaired) electrons. The molecule has 0 unspecified atom stereocenters. The highest BCUT2D eigenvalue weighted by atomic mass is 16.2. The van der Waals surface area contributed by atoms with Crippen molar-refractivity contribution < 1.29 is 9.59 Å². The molecule has 1 aliphatic carbocycles. The molecular formula is C17H30N2O2. The van der Waals surface area contributed by atoms with Crippen LogP contribution in [0.5, 0.6) is 0 Å². The molecule has 0 bridgehead atoms. The Bertz CT molecular complexity index is 351. The first-order valence-electron chi connectivity index (χ1n) is 8.74. The third-order valence-corrected chi connectivity index (χ3v) is 5.00. The fraction of sp³-hybridized carbons (Fsp3) is 0.882. The van der Waals surface area contributed by atoms with Gasteiger partial charge in [-0.15, -0.1) is 0 Å². The van der Waals surface area contributed by atoms with Crippen molar-refractivity contribution in [2.24, 2.45) is 5.92 Å². The van der Waals surface area contributed by atoms with Crippen LogP contribution in [0.25, 0.3) is 0 Å². The summed E-state index contributed by atoms with van der Waals surface area (Å²) in [5, 5.41) is 3.16. The van der Waals surface area contributed by atoms with Crippen molar-refractivity contribution in [1.82, 2.24) is 10.2 Å². The SMILES string of the molecule is C[C@H](NC(=O)CCCN1CCCCC1=O)C1CCCCC1. The Morgan fingerprint density at radius 1 is 1.24 bits per heavy atom. The molecule has 2 rings (SSSR count). The summed E-state index contributed by atoms with van der Waals surface area (Å²) in [7, 11) is 0. The molecule has 2 amide bonds. The molecule has 1 aliphatic heterocycles. The molecule has 2 fully saturated rings. The van der Waals surface area contributed by atoms with E-state index in [4.69, 9.17) is 0 Å². The highest BCUT2D eigenvalue weighted by molar-refractivity contribution is 5.77. The Hall–Kier alpha value is -1.06. The number of piperidine rings is 1. The zero-order valence-electron chi connectivity index (χ0n) is 13.4. The number of hydrogen-bond acceptors (Lipinski definition) is 2. The summed E-state index contributed by atoms with van der Waals surface area (Å²) in [6.07, 6.45) is 10.6. The zero-order chi connectivity index (χ0) is 15.1. The van der Waals surface area contributed by atoms with E-state index in [2.05, 4.69) is 12.2 Å². The quantitative estimate of drug-likeness (QED) is 0.819. The van der Waals surface area contributed by atoms with E-state index >= 15 is 0 Å². The van der Waals surface area contributed by atoms with Gasteiger partial charge < -0.3 is 10.2 Å². The van der Waals surface area contributed by atoms with E-state index in [9.17, 15) is 9.59 Å². The topological polar surface area (TPSA) is 49.4 Å². The molecule has 2 aliphatic rings. The average Bonchev–Trinajstić information content (AvgIpc) is 2.50. The molecule has 0 aromatic carbocycles. The summed E-state index contributed by atoms with van der Waals surface area (Å²) >= 11 is 0. The molecule has 1 N–H and O–H groups in total. The molecule has 0 aromatic rings. The fourth-order valence-electron chi connectivity index (χ4n) is 3.61. The maximum absolute atomic E-state index is 12.0. The van der Waals surface area contributed by atoms with Gasteiger partial charge in [-0.25, -0.2) is 0 Å². The van der Waals surface area contributed by atoms with Crippen molar-refractivity contribution in [2.75, 3.05) is 13.1 Å². The van der Waals surface area contributed by atoms with Crippen molar-refractivity contribution in [3.05, 3.63) is 0 Å². The Morgan fingerprint density at radius 2 is 2.00 bits per heavy atom. The standard InChI is InChI=1S/C17H30N2O2/c1-14(15-8-3-2-4-9-15)18-16(20)10-7-13-19-12-6-5-11-17(19)21/h14-15H,2-13H2,1H3,(H,18,20)/t14-/m0/s1. The van der Waals surface area contributed by atoms with Crippen molar-refractivity contribution in [3.63, 3.8) is 0 Å². The van der Waals surface area contributed by atoms with Gasteiger partial charge >= 0.3 is 0 Å².